The molecular weight excluding hydrogens is 356 g/mol. The van der Waals surface area contributed by atoms with Crippen molar-refractivity contribution in [2.45, 2.75) is 72.2 Å². The summed E-state index contributed by atoms with van der Waals surface area (Å²) in [5.74, 6) is 1.62. The lowest BCUT2D eigenvalue weighted by atomic mass is 9.55. The van der Waals surface area contributed by atoms with E-state index in [2.05, 4.69) is 66.8 Å². The minimum Gasteiger partial charge on any atom is -0.417 e. The van der Waals surface area contributed by atoms with E-state index < -0.39 is 19.8 Å². The molecule has 5 heteroatoms. The van der Waals surface area contributed by atoms with E-state index in [-0.39, 0.29) is 23.5 Å². The van der Waals surface area contributed by atoms with E-state index in [4.69, 9.17) is 13.9 Å². The van der Waals surface area contributed by atoms with Crippen LogP contribution in [0.5, 0.6) is 0 Å². The summed E-state index contributed by atoms with van der Waals surface area (Å²) >= 11 is 0. The molecule has 27 heavy (non-hydrogen) atoms. The Hall–Kier alpha value is -0.493. The van der Waals surface area contributed by atoms with Crippen molar-refractivity contribution in [2.24, 2.45) is 29.1 Å². The molecule has 0 unspecified atom stereocenters. The van der Waals surface area contributed by atoms with Crippen molar-refractivity contribution in [1.29, 1.82) is 0 Å². The van der Waals surface area contributed by atoms with Crippen molar-refractivity contribution >= 4 is 14.1 Å². The van der Waals surface area contributed by atoms with E-state index in [1.54, 1.807) is 7.11 Å². The fraction of sp³-hybridized carbons (Fsp3) is 0.864. The summed E-state index contributed by atoms with van der Waals surface area (Å²) in [6.07, 6.45) is 4.82. The molecule has 3 aliphatic rings. The SMILES string of the molecule is COCO[C@@H]1C(=O)[C@@]2(C)C=C[C@H]1[C@@H]([C@H](CO[Si](C)(C)C(C)(C)C)C(C)C)C2. The molecule has 4 nitrogen and oxygen atoms in total. The Morgan fingerprint density at radius 2 is 1.93 bits per heavy atom. The average molecular weight is 397 g/mol. The fourth-order valence-electron chi connectivity index (χ4n) is 4.26. The largest absolute Gasteiger partial charge is 0.417 e. The quantitative estimate of drug-likeness (QED) is 0.327. The van der Waals surface area contributed by atoms with Crippen molar-refractivity contribution in [3.05, 3.63) is 12.2 Å². The van der Waals surface area contributed by atoms with Gasteiger partial charge in [0, 0.05) is 25.0 Å². The van der Waals surface area contributed by atoms with Crippen molar-refractivity contribution in [2.75, 3.05) is 20.5 Å². The Balaban J connectivity index is 2.22. The third-order valence-electron chi connectivity index (χ3n) is 7.23. The van der Waals surface area contributed by atoms with E-state index in [0.717, 1.165) is 13.0 Å². The highest BCUT2D eigenvalue weighted by molar-refractivity contribution is 6.74. The third kappa shape index (κ3) is 4.57. The standard InChI is InChI=1S/C22H40O4Si/c1-15(2)18(13-26-27(8,9)21(3,4)5)17-12-22(6)11-10-16(17)19(20(22)23)25-14-24-7/h10-11,15-19H,12-14H2,1-9H3/t16-,17-,18+,19-,22-/m0/s1. The summed E-state index contributed by atoms with van der Waals surface area (Å²) in [5, 5.41) is 0.200. The van der Waals surface area contributed by atoms with Crippen LogP contribution in [0.15, 0.2) is 12.2 Å². The summed E-state index contributed by atoms with van der Waals surface area (Å²) in [5.41, 5.74) is -0.429. The van der Waals surface area contributed by atoms with Crippen LogP contribution in [-0.4, -0.2) is 40.7 Å². The first kappa shape index (κ1) is 22.8. The number of ether oxygens (including phenoxy) is 2. The number of fused-ring (bicyclic) bond motifs is 2. The minimum absolute atomic E-state index is 0.116. The van der Waals surface area contributed by atoms with E-state index in [9.17, 15) is 4.79 Å². The molecule has 0 amide bonds. The Bertz CT molecular complexity index is 563. The monoisotopic (exact) mass is 396 g/mol. The van der Waals surface area contributed by atoms with Crippen molar-refractivity contribution < 1.29 is 18.7 Å². The number of methoxy groups -OCH3 is 1. The zero-order valence-corrected chi connectivity index (χ0v) is 19.8. The highest BCUT2D eigenvalue weighted by Gasteiger charge is 2.54. The summed E-state index contributed by atoms with van der Waals surface area (Å²) in [6.45, 7) is 19.0. The molecule has 3 rings (SSSR count). The number of ketones is 1. The molecule has 0 saturated heterocycles. The minimum atomic E-state index is -1.80. The van der Waals surface area contributed by atoms with Crippen LogP contribution in [0.25, 0.3) is 0 Å². The van der Waals surface area contributed by atoms with Crippen LogP contribution >= 0.6 is 0 Å². The molecule has 0 aromatic heterocycles. The highest BCUT2D eigenvalue weighted by Crippen LogP contribution is 2.51. The van der Waals surface area contributed by atoms with Crippen LogP contribution < -0.4 is 0 Å². The molecule has 5 atom stereocenters. The van der Waals surface area contributed by atoms with Gasteiger partial charge in [-0.15, -0.1) is 0 Å². The summed E-state index contributed by atoms with van der Waals surface area (Å²) < 4.78 is 17.6. The Morgan fingerprint density at radius 3 is 2.44 bits per heavy atom. The van der Waals surface area contributed by atoms with Gasteiger partial charge in [0.1, 0.15) is 12.9 Å². The number of Topliss-reactive ketones (excluding diaryl/α,β-unsaturated/α-hetero) is 1. The van der Waals surface area contributed by atoms with Crippen LogP contribution in [0.3, 0.4) is 0 Å². The maximum Gasteiger partial charge on any atom is 0.191 e. The first-order chi connectivity index (χ1) is 12.3. The van der Waals surface area contributed by atoms with Crippen LogP contribution in [0.1, 0.15) is 48.0 Å². The van der Waals surface area contributed by atoms with Gasteiger partial charge in [0.05, 0.1) is 0 Å². The molecule has 3 aliphatic carbocycles. The first-order valence-corrected chi connectivity index (χ1v) is 13.2. The smallest absolute Gasteiger partial charge is 0.191 e. The molecule has 0 aliphatic heterocycles. The molecule has 156 valence electrons. The average Bonchev–Trinajstić information content (AvgIpc) is 2.54. The van der Waals surface area contributed by atoms with E-state index in [0.29, 0.717) is 17.8 Å². The maximum atomic E-state index is 12.9. The normalized spacial score (nSPS) is 32.4. The van der Waals surface area contributed by atoms with Crippen LogP contribution in [0.2, 0.25) is 18.1 Å². The second-order valence-electron chi connectivity index (χ2n) is 10.6. The molecule has 0 radical (unpaired) electrons. The summed E-state index contributed by atoms with van der Waals surface area (Å²) in [7, 11) is -0.203. The maximum absolute atomic E-state index is 12.9. The number of carbonyl (C=O) groups excluding carboxylic acids is 1. The molecule has 0 aromatic rings. The van der Waals surface area contributed by atoms with Gasteiger partial charge in [0.25, 0.3) is 0 Å². The highest BCUT2D eigenvalue weighted by atomic mass is 28.4. The van der Waals surface area contributed by atoms with Crippen LogP contribution in [0, 0.1) is 29.1 Å². The number of carbonyl (C=O) groups is 1. The van der Waals surface area contributed by atoms with E-state index >= 15 is 0 Å². The molecule has 2 bridgehead atoms. The predicted octanol–water partition coefficient (Wildman–Crippen LogP) is 5.05. The molecular formula is C22H40O4Si. The lowest BCUT2D eigenvalue weighted by Gasteiger charge is -2.51. The van der Waals surface area contributed by atoms with Gasteiger partial charge >= 0.3 is 0 Å². The topological polar surface area (TPSA) is 44.8 Å². The van der Waals surface area contributed by atoms with Gasteiger partial charge in [-0.05, 0) is 49.2 Å². The number of hydrogen-bond acceptors (Lipinski definition) is 4. The third-order valence-corrected chi connectivity index (χ3v) is 11.7. The van der Waals surface area contributed by atoms with Crippen LogP contribution in [0.4, 0.5) is 0 Å². The molecule has 1 saturated carbocycles. The van der Waals surface area contributed by atoms with Gasteiger partial charge in [-0.1, -0.05) is 46.8 Å². The zero-order chi connectivity index (χ0) is 20.6. The molecule has 1 fully saturated rings. The summed E-state index contributed by atoms with van der Waals surface area (Å²) in [4.78, 5) is 12.9. The van der Waals surface area contributed by atoms with Gasteiger partial charge in [-0.2, -0.15) is 0 Å². The van der Waals surface area contributed by atoms with Gasteiger partial charge in [-0.3, -0.25) is 4.79 Å². The van der Waals surface area contributed by atoms with Crippen molar-refractivity contribution in [3.8, 4) is 0 Å². The predicted molar refractivity (Wildman–Crippen MR) is 112 cm³/mol. The van der Waals surface area contributed by atoms with E-state index in [1.165, 1.54) is 0 Å². The molecule has 0 aromatic carbocycles. The molecule has 0 spiro atoms. The zero-order valence-electron chi connectivity index (χ0n) is 18.8. The second kappa shape index (κ2) is 8.09. The Kier molecular flexibility index (Phi) is 6.83. The second-order valence-corrected chi connectivity index (χ2v) is 15.4. The van der Waals surface area contributed by atoms with Gasteiger partial charge < -0.3 is 13.9 Å². The lowest BCUT2D eigenvalue weighted by Crippen LogP contribution is -2.56. The van der Waals surface area contributed by atoms with Gasteiger partial charge in [-0.25, -0.2) is 0 Å². The fourth-order valence-corrected chi connectivity index (χ4v) is 5.31. The van der Waals surface area contributed by atoms with Crippen molar-refractivity contribution in [1.82, 2.24) is 0 Å². The number of rotatable bonds is 8. The van der Waals surface area contributed by atoms with E-state index in [1.807, 2.05) is 0 Å². The summed E-state index contributed by atoms with van der Waals surface area (Å²) in [6, 6.07) is 0. The van der Waals surface area contributed by atoms with Crippen molar-refractivity contribution in [3.63, 3.8) is 0 Å². The number of allylic oxidation sites excluding steroid dienone is 1. The van der Waals surface area contributed by atoms with Gasteiger partial charge in [0.2, 0.25) is 0 Å². The first-order valence-electron chi connectivity index (χ1n) is 10.3. The number of hydrogen-bond donors (Lipinski definition) is 0. The Morgan fingerprint density at radius 1 is 1.30 bits per heavy atom. The molecule has 0 heterocycles. The van der Waals surface area contributed by atoms with Gasteiger partial charge in [0.15, 0.2) is 14.1 Å². The Labute approximate surface area is 167 Å². The lowest BCUT2D eigenvalue weighted by molar-refractivity contribution is -0.166. The molecule has 0 N–H and O–H groups in total. The van der Waals surface area contributed by atoms with Crippen LogP contribution in [-0.2, 0) is 18.7 Å².